The molecule has 7 heteroatoms. The highest BCUT2D eigenvalue weighted by Crippen LogP contribution is 2.29. The van der Waals surface area contributed by atoms with E-state index in [0.29, 0.717) is 61.9 Å². The lowest BCUT2D eigenvalue weighted by Gasteiger charge is -2.15. The first-order valence-electron chi connectivity index (χ1n) is 11.6. The van der Waals surface area contributed by atoms with Crippen molar-refractivity contribution in [3.63, 3.8) is 0 Å². The van der Waals surface area contributed by atoms with Crippen LogP contribution in [-0.4, -0.2) is 41.5 Å². The molecule has 0 saturated heterocycles. The monoisotopic (exact) mass is 459 g/mol. The van der Waals surface area contributed by atoms with Gasteiger partial charge in [0.2, 0.25) is 0 Å². The van der Waals surface area contributed by atoms with Crippen molar-refractivity contribution in [2.45, 2.75) is 33.4 Å². The maximum Gasteiger partial charge on any atom is 0.255 e. The standard InChI is InChI=1S/C27H29N3O4/c1-3-33-23-11-10-19(15-24(23)34-4-2)12-14-29-26(31)22-9-5-8-21-18-30(27(32)25(21)22)17-20-7-6-13-28-16-20/h5-11,13,15-16H,3-4,12,14,17-18H2,1-2H3,(H,29,31). The van der Waals surface area contributed by atoms with Crippen LogP contribution < -0.4 is 14.8 Å². The van der Waals surface area contributed by atoms with Crippen LogP contribution in [0.15, 0.2) is 60.9 Å². The molecule has 1 N–H and O–H groups in total. The third-order valence-corrected chi connectivity index (χ3v) is 5.66. The molecule has 0 unspecified atom stereocenters. The first-order chi connectivity index (χ1) is 16.6. The zero-order chi connectivity index (χ0) is 23.9. The summed E-state index contributed by atoms with van der Waals surface area (Å²) in [5, 5.41) is 2.96. The quantitative estimate of drug-likeness (QED) is 0.496. The van der Waals surface area contributed by atoms with E-state index in [1.165, 1.54) is 0 Å². The number of rotatable bonds is 10. The number of amides is 2. The number of benzene rings is 2. The predicted octanol–water partition coefficient (Wildman–Crippen LogP) is 4.01. The van der Waals surface area contributed by atoms with Gasteiger partial charge < -0.3 is 19.7 Å². The van der Waals surface area contributed by atoms with Crippen LogP contribution >= 0.6 is 0 Å². The van der Waals surface area contributed by atoms with Crippen LogP contribution in [0, 0.1) is 0 Å². The van der Waals surface area contributed by atoms with E-state index in [0.717, 1.165) is 16.7 Å². The maximum absolute atomic E-state index is 13.1. The summed E-state index contributed by atoms with van der Waals surface area (Å²) in [6.07, 6.45) is 4.09. The molecule has 0 aliphatic carbocycles. The van der Waals surface area contributed by atoms with Crippen LogP contribution in [0.2, 0.25) is 0 Å². The second kappa shape index (κ2) is 10.8. The van der Waals surface area contributed by atoms with E-state index in [2.05, 4.69) is 10.3 Å². The fourth-order valence-electron chi connectivity index (χ4n) is 4.12. The largest absolute Gasteiger partial charge is 0.490 e. The van der Waals surface area contributed by atoms with E-state index in [1.54, 1.807) is 23.4 Å². The third kappa shape index (κ3) is 5.20. The topological polar surface area (TPSA) is 80.8 Å². The van der Waals surface area contributed by atoms with Crippen molar-refractivity contribution in [3.8, 4) is 11.5 Å². The molecule has 3 aromatic rings. The second-order valence-corrected chi connectivity index (χ2v) is 8.02. The van der Waals surface area contributed by atoms with E-state index < -0.39 is 0 Å². The summed E-state index contributed by atoms with van der Waals surface area (Å²) < 4.78 is 11.3. The molecular formula is C27H29N3O4. The van der Waals surface area contributed by atoms with Gasteiger partial charge in [-0.1, -0.05) is 24.3 Å². The van der Waals surface area contributed by atoms with Gasteiger partial charge in [-0.25, -0.2) is 0 Å². The Morgan fingerprint density at radius 1 is 1.03 bits per heavy atom. The molecule has 0 bridgehead atoms. The highest BCUT2D eigenvalue weighted by atomic mass is 16.5. The first-order valence-corrected chi connectivity index (χ1v) is 11.6. The van der Waals surface area contributed by atoms with Crippen LogP contribution in [-0.2, 0) is 19.5 Å². The van der Waals surface area contributed by atoms with Crippen LogP contribution in [0.25, 0.3) is 0 Å². The van der Waals surface area contributed by atoms with Crippen molar-refractivity contribution in [1.29, 1.82) is 0 Å². The number of aromatic nitrogens is 1. The Balaban J connectivity index is 1.40. The predicted molar refractivity (Wildman–Crippen MR) is 129 cm³/mol. The van der Waals surface area contributed by atoms with E-state index >= 15 is 0 Å². The van der Waals surface area contributed by atoms with Gasteiger partial charge in [0.1, 0.15) is 0 Å². The molecule has 0 saturated carbocycles. The second-order valence-electron chi connectivity index (χ2n) is 8.02. The summed E-state index contributed by atoms with van der Waals surface area (Å²) in [6.45, 7) is 6.36. The maximum atomic E-state index is 13.1. The Bertz CT molecular complexity index is 1160. The lowest BCUT2D eigenvalue weighted by atomic mass is 10.0. The summed E-state index contributed by atoms with van der Waals surface area (Å²) in [5.74, 6) is 1.04. The van der Waals surface area contributed by atoms with Crippen molar-refractivity contribution >= 4 is 11.8 Å². The Hall–Kier alpha value is -3.87. The highest BCUT2D eigenvalue weighted by Gasteiger charge is 2.31. The molecule has 1 aliphatic heterocycles. The van der Waals surface area contributed by atoms with Crippen LogP contribution in [0.3, 0.4) is 0 Å². The number of pyridine rings is 1. The summed E-state index contributed by atoms with van der Waals surface area (Å²) in [4.78, 5) is 31.9. The molecule has 0 radical (unpaired) electrons. The average molecular weight is 460 g/mol. The molecule has 7 nitrogen and oxygen atoms in total. The zero-order valence-electron chi connectivity index (χ0n) is 19.5. The molecular weight excluding hydrogens is 430 g/mol. The molecule has 0 atom stereocenters. The van der Waals surface area contributed by atoms with Crippen LogP contribution in [0.1, 0.15) is 51.3 Å². The average Bonchev–Trinajstić information content (AvgIpc) is 3.16. The smallest absolute Gasteiger partial charge is 0.255 e. The van der Waals surface area contributed by atoms with Crippen molar-refractivity contribution < 1.29 is 19.1 Å². The van der Waals surface area contributed by atoms with Gasteiger partial charge in [0.25, 0.3) is 11.8 Å². The highest BCUT2D eigenvalue weighted by molar-refractivity contribution is 6.09. The molecule has 2 heterocycles. The minimum Gasteiger partial charge on any atom is -0.490 e. The molecule has 1 aliphatic rings. The summed E-state index contributed by atoms with van der Waals surface area (Å²) in [5.41, 5.74) is 3.76. The molecule has 176 valence electrons. The van der Waals surface area contributed by atoms with E-state index in [4.69, 9.17) is 9.47 Å². The van der Waals surface area contributed by atoms with Crippen molar-refractivity contribution in [2.24, 2.45) is 0 Å². The Morgan fingerprint density at radius 2 is 1.85 bits per heavy atom. The summed E-state index contributed by atoms with van der Waals surface area (Å²) in [6, 6.07) is 15.0. The van der Waals surface area contributed by atoms with Gasteiger partial charge in [-0.2, -0.15) is 0 Å². The Morgan fingerprint density at radius 3 is 2.62 bits per heavy atom. The molecule has 0 fully saturated rings. The lowest BCUT2D eigenvalue weighted by molar-refractivity contribution is 0.0761. The number of hydrogen-bond acceptors (Lipinski definition) is 5. The van der Waals surface area contributed by atoms with Crippen LogP contribution in [0.4, 0.5) is 0 Å². The molecule has 34 heavy (non-hydrogen) atoms. The number of carbonyl (C=O) groups excluding carboxylic acids is 2. The Labute approximate surface area is 199 Å². The number of carbonyl (C=O) groups is 2. The molecule has 4 rings (SSSR count). The fourth-order valence-corrected chi connectivity index (χ4v) is 4.12. The summed E-state index contributed by atoms with van der Waals surface area (Å²) >= 11 is 0. The van der Waals surface area contributed by atoms with E-state index in [9.17, 15) is 9.59 Å². The number of ether oxygens (including phenoxy) is 2. The Kier molecular flexibility index (Phi) is 7.42. The number of fused-ring (bicyclic) bond motifs is 1. The van der Waals surface area contributed by atoms with Gasteiger partial charge in [-0.05, 0) is 61.2 Å². The lowest BCUT2D eigenvalue weighted by Crippen LogP contribution is -2.29. The van der Waals surface area contributed by atoms with Crippen molar-refractivity contribution in [2.75, 3.05) is 19.8 Å². The normalized spacial score (nSPS) is 12.4. The molecule has 0 spiro atoms. The number of nitrogens with zero attached hydrogens (tertiary/aromatic N) is 2. The van der Waals surface area contributed by atoms with Gasteiger partial charge in [0, 0.05) is 32.0 Å². The molecule has 2 aromatic carbocycles. The fraction of sp³-hybridized carbons (Fsp3) is 0.296. The van der Waals surface area contributed by atoms with E-state index in [-0.39, 0.29) is 11.8 Å². The van der Waals surface area contributed by atoms with Crippen LogP contribution in [0.5, 0.6) is 11.5 Å². The first kappa shape index (κ1) is 23.3. The van der Waals surface area contributed by atoms with Gasteiger partial charge in [0.05, 0.1) is 24.3 Å². The van der Waals surface area contributed by atoms with Crippen molar-refractivity contribution in [3.05, 3.63) is 88.7 Å². The van der Waals surface area contributed by atoms with Gasteiger partial charge in [0.15, 0.2) is 11.5 Å². The van der Waals surface area contributed by atoms with E-state index in [1.807, 2.05) is 56.3 Å². The van der Waals surface area contributed by atoms with Gasteiger partial charge >= 0.3 is 0 Å². The van der Waals surface area contributed by atoms with Gasteiger partial charge in [-0.3, -0.25) is 14.6 Å². The van der Waals surface area contributed by atoms with Crippen molar-refractivity contribution in [1.82, 2.24) is 15.2 Å². The zero-order valence-corrected chi connectivity index (χ0v) is 19.5. The minimum absolute atomic E-state index is 0.127. The number of nitrogens with one attached hydrogen (secondary N) is 1. The van der Waals surface area contributed by atoms with Gasteiger partial charge in [-0.15, -0.1) is 0 Å². The minimum atomic E-state index is -0.246. The summed E-state index contributed by atoms with van der Waals surface area (Å²) in [7, 11) is 0. The molecule has 2 amide bonds. The SMILES string of the molecule is CCOc1ccc(CCNC(=O)c2cccc3c2C(=O)N(Cc2cccnc2)C3)cc1OCC. The molecule has 1 aromatic heterocycles. The third-order valence-electron chi connectivity index (χ3n) is 5.66. The number of hydrogen-bond donors (Lipinski definition) is 1.